The number of aryl methyl sites for hydroxylation is 2. The van der Waals surface area contributed by atoms with Gasteiger partial charge in [-0.2, -0.15) is 4.52 Å². The topological polar surface area (TPSA) is 78.7 Å². The zero-order valence-electron chi connectivity index (χ0n) is 14.9. The fraction of sp³-hybridized carbons (Fsp3) is 0.333. The lowest BCUT2D eigenvalue weighted by Crippen LogP contribution is -2.50. The number of aromatic nitrogens is 4. The smallest absolute Gasteiger partial charge is 0.321 e. The van der Waals surface area contributed by atoms with Gasteiger partial charge in [0.1, 0.15) is 12.1 Å². The molecular weight excluding hydrogens is 330 g/mol. The van der Waals surface area contributed by atoms with Crippen LogP contribution in [-0.4, -0.2) is 56.9 Å². The van der Waals surface area contributed by atoms with Crippen LogP contribution in [0.3, 0.4) is 0 Å². The average molecular weight is 351 g/mol. The number of piperazine rings is 1. The van der Waals surface area contributed by atoms with Crippen LogP contribution in [0.1, 0.15) is 11.1 Å². The van der Waals surface area contributed by atoms with Crippen molar-refractivity contribution in [1.82, 2.24) is 24.7 Å². The number of amides is 2. The van der Waals surface area contributed by atoms with Gasteiger partial charge < -0.3 is 15.1 Å². The molecule has 1 N–H and O–H groups in total. The molecule has 0 atom stereocenters. The summed E-state index contributed by atoms with van der Waals surface area (Å²) in [7, 11) is 0. The number of hydrogen-bond acceptors (Lipinski definition) is 5. The lowest BCUT2D eigenvalue weighted by Gasteiger charge is -2.35. The molecule has 0 aliphatic carbocycles. The number of carbonyl (C=O) groups is 1. The van der Waals surface area contributed by atoms with Gasteiger partial charge in [-0.3, -0.25) is 0 Å². The van der Waals surface area contributed by atoms with Crippen LogP contribution in [0.4, 0.5) is 16.3 Å². The summed E-state index contributed by atoms with van der Waals surface area (Å²) >= 11 is 0. The highest BCUT2D eigenvalue weighted by atomic mass is 16.2. The molecule has 3 aromatic rings. The lowest BCUT2D eigenvalue weighted by atomic mass is 10.1. The normalized spacial score (nSPS) is 14.7. The fourth-order valence-corrected chi connectivity index (χ4v) is 3.17. The van der Waals surface area contributed by atoms with Crippen LogP contribution in [0.5, 0.6) is 0 Å². The molecule has 0 bridgehead atoms. The Morgan fingerprint density at radius 2 is 1.88 bits per heavy atom. The van der Waals surface area contributed by atoms with E-state index in [4.69, 9.17) is 0 Å². The molecule has 8 heteroatoms. The molecule has 1 saturated heterocycles. The monoisotopic (exact) mass is 351 g/mol. The van der Waals surface area contributed by atoms with Crippen LogP contribution in [0.25, 0.3) is 5.65 Å². The molecule has 1 aliphatic rings. The van der Waals surface area contributed by atoms with E-state index in [0.717, 1.165) is 35.8 Å². The average Bonchev–Trinajstić information content (AvgIpc) is 3.12. The van der Waals surface area contributed by atoms with Crippen molar-refractivity contribution in [2.75, 3.05) is 36.4 Å². The number of carbonyl (C=O) groups excluding carboxylic acids is 1. The van der Waals surface area contributed by atoms with E-state index in [-0.39, 0.29) is 6.03 Å². The Morgan fingerprint density at radius 3 is 2.65 bits per heavy atom. The molecule has 2 aromatic heterocycles. The quantitative estimate of drug-likeness (QED) is 0.765. The van der Waals surface area contributed by atoms with Gasteiger partial charge in [-0.15, -0.1) is 15.3 Å². The van der Waals surface area contributed by atoms with Gasteiger partial charge in [0.15, 0.2) is 5.65 Å². The van der Waals surface area contributed by atoms with E-state index in [0.29, 0.717) is 13.1 Å². The number of urea groups is 1. The summed E-state index contributed by atoms with van der Waals surface area (Å²) < 4.78 is 1.66. The zero-order valence-corrected chi connectivity index (χ0v) is 14.9. The predicted molar refractivity (Wildman–Crippen MR) is 99.5 cm³/mol. The van der Waals surface area contributed by atoms with Gasteiger partial charge in [-0.05, 0) is 37.6 Å². The minimum absolute atomic E-state index is 0.0566. The van der Waals surface area contributed by atoms with Crippen LogP contribution >= 0.6 is 0 Å². The maximum Gasteiger partial charge on any atom is 0.321 e. The third kappa shape index (κ3) is 3.17. The number of hydrogen-bond donors (Lipinski definition) is 1. The molecule has 4 rings (SSSR count). The van der Waals surface area contributed by atoms with E-state index >= 15 is 0 Å². The van der Waals surface area contributed by atoms with Crippen LogP contribution in [-0.2, 0) is 0 Å². The second-order valence-corrected chi connectivity index (χ2v) is 6.55. The van der Waals surface area contributed by atoms with E-state index in [1.54, 1.807) is 10.8 Å². The molecule has 0 spiro atoms. The Morgan fingerprint density at radius 1 is 1.08 bits per heavy atom. The minimum Gasteiger partial charge on any atom is -0.352 e. The third-order valence-corrected chi connectivity index (χ3v) is 4.66. The van der Waals surface area contributed by atoms with E-state index in [1.807, 2.05) is 43.0 Å². The number of nitrogens with zero attached hydrogens (tertiary/aromatic N) is 6. The summed E-state index contributed by atoms with van der Waals surface area (Å²) in [6, 6.07) is 9.81. The Balaban J connectivity index is 1.38. The van der Waals surface area contributed by atoms with Crippen molar-refractivity contribution in [3.05, 3.63) is 47.8 Å². The van der Waals surface area contributed by atoms with E-state index < -0.39 is 0 Å². The number of fused-ring (bicyclic) bond motifs is 1. The maximum atomic E-state index is 12.5. The summed E-state index contributed by atoms with van der Waals surface area (Å²) in [5.74, 6) is 0.867. The Bertz CT molecular complexity index is 944. The number of anilines is 2. The first-order valence-electron chi connectivity index (χ1n) is 8.65. The molecule has 1 fully saturated rings. The van der Waals surface area contributed by atoms with Crippen molar-refractivity contribution in [1.29, 1.82) is 0 Å². The van der Waals surface area contributed by atoms with E-state index in [2.05, 4.69) is 31.6 Å². The predicted octanol–water partition coefficient (Wildman–Crippen LogP) is 2.10. The first-order valence-corrected chi connectivity index (χ1v) is 8.65. The molecular formula is C18H21N7O. The molecule has 1 aromatic carbocycles. The zero-order chi connectivity index (χ0) is 18.1. The van der Waals surface area contributed by atoms with Crippen LogP contribution < -0.4 is 10.2 Å². The number of nitrogens with one attached hydrogen (secondary N) is 1. The second-order valence-electron chi connectivity index (χ2n) is 6.55. The lowest BCUT2D eigenvalue weighted by molar-refractivity contribution is 0.208. The summed E-state index contributed by atoms with van der Waals surface area (Å²) in [5.41, 5.74) is 3.85. The number of rotatable bonds is 2. The van der Waals surface area contributed by atoms with Crippen LogP contribution in [0.2, 0.25) is 0 Å². The Labute approximate surface area is 151 Å². The highest BCUT2D eigenvalue weighted by Gasteiger charge is 2.22. The molecule has 0 radical (unpaired) electrons. The molecule has 1 aliphatic heterocycles. The highest BCUT2D eigenvalue weighted by molar-refractivity contribution is 5.90. The van der Waals surface area contributed by atoms with Gasteiger partial charge in [-0.1, -0.05) is 17.7 Å². The minimum atomic E-state index is -0.0566. The summed E-state index contributed by atoms with van der Waals surface area (Å²) in [4.78, 5) is 16.6. The largest absolute Gasteiger partial charge is 0.352 e. The van der Waals surface area contributed by atoms with Crippen molar-refractivity contribution in [3.8, 4) is 0 Å². The molecule has 8 nitrogen and oxygen atoms in total. The SMILES string of the molecule is Cc1ccc(NC(=O)N2CCN(c3ccc4nncn4n3)CC2)c(C)c1. The first-order chi connectivity index (χ1) is 12.6. The maximum absolute atomic E-state index is 12.5. The van der Waals surface area contributed by atoms with Crippen molar-refractivity contribution in [3.63, 3.8) is 0 Å². The molecule has 134 valence electrons. The van der Waals surface area contributed by atoms with Crippen molar-refractivity contribution in [2.45, 2.75) is 13.8 Å². The second kappa shape index (κ2) is 6.62. The van der Waals surface area contributed by atoms with E-state index in [1.165, 1.54) is 5.56 Å². The van der Waals surface area contributed by atoms with Crippen molar-refractivity contribution >= 4 is 23.2 Å². The van der Waals surface area contributed by atoms with Crippen molar-refractivity contribution in [2.24, 2.45) is 0 Å². The summed E-state index contributed by atoms with van der Waals surface area (Å²) in [6.07, 6.45) is 1.59. The summed E-state index contributed by atoms with van der Waals surface area (Å²) in [6.45, 7) is 6.83. The highest BCUT2D eigenvalue weighted by Crippen LogP contribution is 2.18. The summed E-state index contributed by atoms with van der Waals surface area (Å²) in [5, 5.41) is 15.3. The number of benzene rings is 1. The standard InChI is InChI=1S/C18H21N7O/c1-13-3-4-15(14(2)11-13)20-18(26)24-9-7-23(8-10-24)17-6-5-16-21-19-12-25(16)22-17/h3-6,11-12H,7-10H2,1-2H3,(H,20,26). The molecule has 26 heavy (non-hydrogen) atoms. The van der Waals surface area contributed by atoms with Gasteiger partial charge >= 0.3 is 6.03 Å². The van der Waals surface area contributed by atoms with Gasteiger partial charge in [0.25, 0.3) is 0 Å². The van der Waals surface area contributed by atoms with Crippen molar-refractivity contribution < 1.29 is 4.79 Å². The molecule has 0 unspecified atom stereocenters. The van der Waals surface area contributed by atoms with E-state index in [9.17, 15) is 4.79 Å². The van der Waals surface area contributed by atoms with Crippen LogP contribution in [0.15, 0.2) is 36.7 Å². The Kier molecular flexibility index (Phi) is 4.16. The molecule has 0 saturated carbocycles. The van der Waals surface area contributed by atoms with Gasteiger partial charge in [0.05, 0.1) is 0 Å². The first kappa shape index (κ1) is 16.3. The van der Waals surface area contributed by atoms with Gasteiger partial charge in [0, 0.05) is 31.9 Å². The van der Waals surface area contributed by atoms with Gasteiger partial charge in [-0.25, -0.2) is 4.79 Å². The molecule has 3 heterocycles. The third-order valence-electron chi connectivity index (χ3n) is 4.66. The molecule has 2 amide bonds. The van der Waals surface area contributed by atoms with Crippen LogP contribution in [0, 0.1) is 13.8 Å². The fourth-order valence-electron chi connectivity index (χ4n) is 3.17. The van der Waals surface area contributed by atoms with Gasteiger partial charge in [0.2, 0.25) is 0 Å². The Hall–Kier alpha value is -3.16.